The zero-order valence-electron chi connectivity index (χ0n) is 8.22. The fraction of sp³-hybridized carbons (Fsp3) is 0.300. The summed E-state index contributed by atoms with van der Waals surface area (Å²) in [5.74, 6) is 0. The first-order valence-electron chi connectivity index (χ1n) is 4.38. The molecule has 5 heteroatoms. The van der Waals surface area contributed by atoms with E-state index in [0.29, 0.717) is 23.0 Å². The lowest BCUT2D eigenvalue weighted by Gasteiger charge is -2.04. The molecule has 0 aliphatic carbocycles. The molecule has 0 heterocycles. The molecular weight excluding hydrogens is 237 g/mol. The van der Waals surface area contributed by atoms with Crippen LogP contribution < -0.4 is 5.32 Å². The summed E-state index contributed by atoms with van der Waals surface area (Å²) < 4.78 is 4.43. The molecule has 0 radical (unpaired) electrons. The number of carbonyl (C=O) groups is 1. The molecule has 3 nitrogen and oxygen atoms in total. The van der Waals surface area contributed by atoms with Gasteiger partial charge in [0.15, 0.2) is 0 Å². The number of ether oxygens (including phenoxy) is 1. The SMILES string of the molecule is COC(=O)NCCc1cc(Cl)cc(Cl)c1. The Hall–Kier alpha value is -0.930. The molecular formula is C10H11Cl2NO2. The Balaban J connectivity index is 2.47. The van der Waals surface area contributed by atoms with Crippen molar-refractivity contribution in [3.05, 3.63) is 33.8 Å². The van der Waals surface area contributed by atoms with E-state index in [1.807, 2.05) is 12.1 Å². The Bertz CT molecular complexity index is 335. The summed E-state index contributed by atoms with van der Waals surface area (Å²) in [5, 5.41) is 3.76. The number of benzene rings is 1. The van der Waals surface area contributed by atoms with Crippen LogP contribution >= 0.6 is 23.2 Å². The number of rotatable bonds is 3. The van der Waals surface area contributed by atoms with Crippen LogP contribution in [0.3, 0.4) is 0 Å². The molecule has 1 rings (SSSR count). The van der Waals surface area contributed by atoms with Gasteiger partial charge in [0.1, 0.15) is 0 Å². The first kappa shape index (κ1) is 12.1. The first-order valence-corrected chi connectivity index (χ1v) is 5.14. The van der Waals surface area contributed by atoms with Gasteiger partial charge in [0.2, 0.25) is 0 Å². The number of methoxy groups -OCH3 is 1. The van der Waals surface area contributed by atoms with Gasteiger partial charge in [-0.3, -0.25) is 0 Å². The minimum Gasteiger partial charge on any atom is -0.453 e. The Morgan fingerprint density at radius 3 is 2.47 bits per heavy atom. The lowest BCUT2D eigenvalue weighted by molar-refractivity contribution is 0.171. The Morgan fingerprint density at radius 2 is 1.93 bits per heavy atom. The lowest BCUT2D eigenvalue weighted by atomic mass is 10.1. The van der Waals surface area contributed by atoms with Gasteiger partial charge in [-0.1, -0.05) is 23.2 Å². The van der Waals surface area contributed by atoms with Gasteiger partial charge in [0.05, 0.1) is 7.11 Å². The predicted octanol–water partition coefficient (Wildman–Crippen LogP) is 2.89. The standard InChI is InChI=1S/C10H11Cl2NO2/c1-15-10(14)13-3-2-7-4-8(11)6-9(12)5-7/h4-6H,2-3H2,1H3,(H,13,14). The van der Waals surface area contributed by atoms with Crippen molar-refractivity contribution in [3.63, 3.8) is 0 Å². The highest BCUT2D eigenvalue weighted by molar-refractivity contribution is 6.34. The van der Waals surface area contributed by atoms with Gasteiger partial charge in [-0.25, -0.2) is 4.79 Å². The average Bonchev–Trinajstić information content (AvgIpc) is 2.16. The van der Waals surface area contributed by atoms with E-state index in [2.05, 4.69) is 10.1 Å². The maximum Gasteiger partial charge on any atom is 0.406 e. The van der Waals surface area contributed by atoms with Crippen molar-refractivity contribution >= 4 is 29.3 Å². The van der Waals surface area contributed by atoms with Crippen molar-refractivity contribution in [2.45, 2.75) is 6.42 Å². The van der Waals surface area contributed by atoms with E-state index in [0.717, 1.165) is 5.56 Å². The Kier molecular flexibility index (Phi) is 4.72. The molecule has 0 unspecified atom stereocenters. The monoisotopic (exact) mass is 247 g/mol. The van der Waals surface area contributed by atoms with Gasteiger partial charge in [-0.15, -0.1) is 0 Å². The van der Waals surface area contributed by atoms with E-state index in [1.165, 1.54) is 7.11 Å². The summed E-state index contributed by atoms with van der Waals surface area (Å²) in [6.45, 7) is 0.489. The zero-order chi connectivity index (χ0) is 11.3. The van der Waals surface area contributed by atoms with Crippen LogP contribution in [0.2, 0.25) is 10.0 Å². The summed E-state index contributed by atoms with van der Waals surface area (Å²) in [6, 6.07) is 5.29. The normalized spacial score (nSPS) is 9.80. The van der Waals surface area contributed by atoms with Gasteiger partial charge in [0, 0.05) is 16.6 Å². The molecule has 0 saturated carbocycles. The highest BCUT2D eigenvalue weighted by Gasteiger charge is 2.00. The first-order chi connectivity index (χ1) is 7.11. The van der Waals surface area contributed by atoms with Crippen LogP contribution in [-0.2, 0) is 11.2 Å². The zero-order valence-corrected chi connectivity index (χ0v) is 9.73. The lowest BCUT2D eigenvalue weighted by Crippen LogP contribution is -2.25. The third-order valence-electron chi connectivity index (χ3n) is 1.79. The van der Waals surface area contributed by atoms with Gasteiger partial charge >= 0.3 is 6.09 Å². The van der Waals surface area contributed by atoms with E-state index in [4.69, 9.17) is 23.2 Å². The second-order valence-electron chi connectivity index (χ2n) is 2.95. The summed E-state index contributed by atoms with van der Waals surface area (Å²) in [6.07, 6.45) is 0.221. The second-order valence-corrected chi connectivity index (χ2v) is 3.82. The fourth-order valence-corrected chi connectivity index (χ4v) is 1.71. The van der Waals surface area contributed by atoms with E-state index in [1.54, 1.807) is 6.07 Å². The summed E-state index contributed by atoms with van der Waals surface area (Å²) in [4.78, 5) is 10.8. The third kappa shape index (κ3) is 4.40. The van der Waals surface area contributed by atoms with Gasteiger partial charge in [0.25, 0.3) is 0 Å². The maximum atomic E-state index is 10.8. The summed E-state index contributed by atoms with van der Waals surface area (Å²) >= 11 is 11.6. The van der Waals surface area contributed by atoms with E-state index in [-0.39, 0.29) is 0 Å². The smallest absolute Gasteiger partial charge is 0.406 e. The molecule has 0 aliphatic rings. The molecule has 82 valence electrons. The second kappa shape index (κ2) is 5.83. The quantitative estimate of drug-likeness (QED) is 0.893. The van der Waals surface area contributed by atoms with Crippen molar-refractivity contribution in [1.82, 2.24) is 5.32 Å². The van der Waals surface area contributed by atoms with Crippen LogP contribution in [0.15, 0.2) is 18.2 Å². The minimum atomic E-state index is -0.442. The predicted molar refractivity (Wildman–Crippen MR) is 60.6 cm³/mol. The van der Waals surface area contributed by atoms with Crippen LogP contribution in [0.5, 0.6) is 0 Å². The number of hydrogen-bond acceptors (Lipinski definition) is 2. The van der Waals surface area contributed by atoms with Crippen molar-refractivity contribution in [1.29, 1.82) is 0 Å². The summed E-state index contributed by atoms with van der Waals surface area (Å²) in [7, 11) is 1.32. The van der Waals surface area contributed by atoms with Crippen LogP contribution in [0.4, 0.5) is 4.79 Å². The molecule has 1 N–H and O–H groups in total. The van der Waals surface area contributed by atoms with E-state index in [9.17, 15) is 4.79 Å². The summed E-state index contributed by atoms with van der Waals surface area (Å²) in [5.41, 5.74) is 0.976. The number of hydrogen-bond donors (Lipinski definition) is 1. The number of carbonyl (C=O) groups excluding carboxylic acids is 1. The van der Waals surface area contributed by atoms with Crippen molar-refractivity contribution in [3.8, 4) is 0 Å². The van der Waals surface area contributed by atoms with Gasteiger partial charge in [-0.05, 0) is 30.2 Å². The third-order valence-corrected chi connectivity index (χ3v) is 2.23. The molecule has 1 aromatic rings. The number of nitrogens with one attached hydrogen (secondary N) is 1. The maximum absolute atomic E-state index is 10.8. The molecule has 1 aromatic carbocycles. The topological polar surface area (TPSA) is 38.3 Å². The molecule has 0 atom stereocenters. The van der Waals surface area contributed by atoms with Crippen molar-refractivity contribution in [2.75, 3.05) is 13.7 Å². The van der Waals surface area contributed by atoms with Crippen LogP contribution in [0.25, 0.3) is 0 Å². The average molecular weight is 248 g/mol. The Morgan fingerprint density at radius 1 is 1.33 bits per heavy atom. The van der Waals surface area contributed by atoms with Crippen molar-refractivity contribution < 1.29 is 9.53 Å². The van der Waals surface area contributed by atoms with Gasteiger partial charge < -0.3 is 10.1 Å². The number of amides is 1. The van der Waals surface area contributed by atoms with Crippen LogP contribution in [0.1, 0.15) is 5.56 Å². The molecule has 0 aliphatic heterocycles. The molecule has 15 heavy (non-hydrogen) atoms. The highest BCUT2D eigenvalue weighted by Crippen LogP contribution is 2.19. The van der Waals surface area contributed by atoms with Crippen LogP contribution in [0, 0.1) is 0 Å². The van der Waals surface area contributed by atoms with Gasteiger partial charge in [-0.2, -0.15) is 0 Å². The highest BCUT2D eigenvalue weighted by atomic mass is 35.5. The van der Waals surface area contributed by atoms with E-state index < -0.39 is 6.09 Å². The van der Waals surface area contributed by atoms with Crippen molar-refractivity contribution in [2.24, 2.45) is 0 Å². The van der Waals surface area contributed by atoms with E-state index >= 15 is 0 Å². The molecule has 1 amide bonds. The Labute approximate surface area is 98.3 Å². The number of alkyl carbamates (subject to hydrolysis) is 1. The molecule has 0 spiro atoms. The molecule has 0 bridgehead atoms. The molecule has 0 saturated heterocycles. The molecule has 0 fully saturated rings. The largest absolute Gasteiger partial charge is 0.453 e. The number of halogens is 2. The van der Waals surface area contributed by atoms with Crippen LogP contribution in [-0.4, -0.2) is 19.7 Å². The minimum absolute atomic E-state index is 0.442. The fourth-order valence-electron chi connectivity index (χ4n) is 1.14. The molecule has 0 aromatic heterocycles.